The fourth-order valence-electron chi connectivity index (χ4n) is 6.41. The van der Waals surface area contributed by atoms with E-state index in [0.717, 1.165) is 16.7 Å². The number of anilines is 1. The highest BCUT2D eigenvalue weighted by atomic mass is 16.7. The minimum Gasteiger partial charge on any atom is -0.508 e. The highest BCUT2D eigenvalue weighted by Gasteiger charge is 2.70. The van der Waals surface area contributed by atoms with Crippen molar-refractivity contribution in [1.82, 2.24) is 10.2 Å². The van der Waals surface area contributed by atoms with Gasteiger partial charge < -0.3 is 19.9 Å². The smallest absolute Gasteiger partial charge is 0.250 e. The molecule has 3 N–H and O–H groups in total. The van der Waals surface area contributed by atoms with Crippen LogP contribution in [0.3, 0.4) is 0 Å². The molecule has 9 heteroatoms. The van der Waals surface area contributed by atoms with Gasteiger partial charge in [-0.1, -0.05) is 35.9 Å². The van der Waals surface area contributed by atoms with E-state index in [9.17, 15) is 19.5 Å². The van der Waals surface area contributed by atoms with Gasteiger partial charge in [-0.05, 0) is 54.8 Å². The first-order valence-corrected chi connectivity index (χ1v) is 12.6. The Bertz CT molecular complexity index is 1520. The SMILES string of the molecule is Cc1ccc2c(c1)[C@@]1(N[C@H](Cc3ccc(O)cc3)[C@H]3C(=O)N(Cc4ccc5c(c4)OCO5)C(=O)[C@@H]31)C(=O)N2. The largest absolute Gasteiger partial charge is 0.508 e. The molecular formula is C29H25N3O6. The Hall–Kier alpha value is -4.37. The van der Waals surface area contributed by atoms with Crippen molar-refractivity contribution in [1.29, 1.82) is 0 Å². The van der Waals surface area contributed by atoms with Crippen LogP contribution in [0.4, 0.5) is 5.69 Å². The molecule has 38 heavy (non-hydrogen) atoms. The fourth-order valence-corrected chi connectivity index (χ4v) is 6.41. The summed E-state index contributed by atoms with van der Waals surface area (Å²) < 4.78 is 10.9. The third-order valence-electron chi connectivity index (χ3n) is 8.13. The molecule has 2 fully saturated rings. The molecule has 7 rings (SSSR count). The summed E-state index contributed by atoms with van der Waals surface area (Å²) in [6.07, 6.45) is 0.411. The number of hydrogen-bond donors (Lipinski definition) is 3. The second-order valence-electron chi connectivity index (χ2n) is 10.4. The van der Waals surface area contributed by atoms with E-state index in [-0.39, 0.29) is 36.8 Å². The van der Waals surface area contributed by atoms with Crippen molar-refractivity contribution < 1.29 is 29.0 Å². The molecule has 0 radical (unpaired) electrons. The standard InChI is InChI=1S/C29H25N3O6/c1-15-2-8-20-19(10-15)29(28(36)30-20)25-24(21(31-29)11-16-3-6-18(33)7-4-16)26(34)32(27(25)35)13-17-5-9-22-23(12-17)38-14-37-22/h2-10,12,21,24-25,31,33H,11,13-14H2,1H3,(H,30,36)/t21-,24-,25-,29+/m1/s1. The van der Waals surface area contributed by atoms with Crippen molar-refractivity contribution in [3.05, 3.63) is 82.9 Å². The zero-order chi connectivity index (χ0) is 26.2. The lowest BCUT2D eigenvalue weighted by molar-refractivity contribution is -0.143. The van der Waals surface area contributed by atoms with Crippen molar-refractivity contribution in [2.45, 2.75) is 31.5 Å². The van der Waals surface area contributed by atoms with Crippen molar-refractivity contribution >= 4 is 23.4 Å². The number of hydrogen-bond acceptors (Lipinski definition) is 7. The third kappa shape index (κ3) is 3.18. The molecule has 0 aromatic heterocycles. The number of imide groups is 1. The summed E-state index contributed by atoms with van der Waals surface area (Å²) in [7, 11) is 0. The van der Waals surface area contributed by atoms with Gasteiger partial charge in [-0.15, -0.1) is 0 Å². The zero-order valence-electron chi connectivity index (χ0n) is 20.6. The molecule has 4 heterocycles. The van der Waals surface area contributed by atoms with Crippen molar-refractivity contribution in [3.8, 4) is 17.2 Å². The number of amides is 3. The lowest BCUT2D eigenvalue weighted by Crippen LogP contribution is -2.53. The van der Waals surface area contributed by atoms with Crippen LogP contribution in [0, 0.1) is 18.8 Å². The molecule has 3 aromatic rings. The topological polar surface area (TPSA) is 117 Å². The van der Waals surface area contributed by atoms with Crippen molar-refractivity contribution in [3.63, 3.8) is 0 Å². The van der Waals surface area contributed by atoms with Crippen LogP contribution in [0.15, 0.2) is 60.7 Å². The molecule has 4 aliphatic heterocycles. The molecule has 4 aliphatic rings. The van der Waals surface area contributed by atoms with E-state index >= 15 is 0 Å². The molecule has 0 unspecified atom stereocenters. The third-order valence-corrected chi connectivity index (χ3v) is 8.13. The van der Waals surface area contributed by atoms with Crippen LogP contribution in [0.25, 0.3) is 0 Å². The second kappa shape index (κ2) is 8.06. The van der Waals surface area contributed by atoms with E-state index < -0.39 is 23.4 Å². The van der Waals surface area contributed by atoms with Crippen LogP contribution < -0.4 is 20.1 Å². The zero-order valence-corrected chi connectivity index (χ0v) is 20.6. The van der Waals surface area contributed by atoms with Gasteiger partial charge in [-0.2, -0.15) is 0 Å². The van der Waals surface area contributed by atoms with Gasteiger partial charge in [0, 0.05) is 17.3 Å². The van der Waals surface area contributed by atoms with E-state index in [1.807, 2.05) is 31.2 Å². The van der Waals surface area contributed by atoms with Gasteiger partial charge in [-0.3, -0.25) is 24.6 Å². The molecule has 0 aliphatic carbocycles. The second-order valence-corrected chi connectivity index (χ2v) is 10.4. The maximum atomic E-state index is 14.1. The number of fused-ring (bicyclic) bond motifs is 5. The molecule has 4 atom stereocenters. The van der Waals surface area contributed by atoms with E-state index in [1.165, 1.54) is 4.90 Å². The number of nitrogens with one attached hydrogen (secondary N) is 2. The highest BCUT2D eigenvalue weighted by molar-refractivity contribution is 6.15. The van der Waals surface area contributed by atoms with Gasteiger partial charge in [-0.25, -0.2) is 0 Å². The normalized spacial score (nSPS) is 26.7. The van der Waals surface area contributed by atoms with E-state index in [0.29, 0.717) is 29.2 Å². The minimum absolute atomic E-state index is 0.0750. The Morgan fingerprint density at radius 1 is 0.947 bits per heavy atom. The number of likely N-dealkylation sites (tertiary alicyclic amines) is 1. The number of aromatic hydroxyl groups is 1. The Balaban J connectivity index is 1.30. The van der Waals surface area contributed by atoms with Crippen LogP contribution in [-0.4, -0.2) is 40.6 Å². The van der Waals surface area contributed by atoms with Crippen LogP contribution in [0.5, 0.6) is 17.2 Å². The summed E-state index contributed by atoms with van der Waals surface area (Å²) in [6.45, 7) is 2.14. The van der Waals surface area contributed by atoms with Gasteiger partial charge in [0.15, 0.2) is 11.5 Å². The van der Waals surface area contributed by atoms with Gasteiger partial charge in [0.05, 0.1) is 18.4 Å². The number of aryl methyl sites for hydroxylation is 1. The van der Waals surface area contributed by atoms with Crippen LogP contribution >= 0.6 is 0 Å². The summed E-state index contributed by atoms with van der Waals surface area (Å²) in [4.78, 5) is 43.0. The van der Waals surface area contributed by atoms with Gasteiger partial charge >= 0.3 is 0 Å². The first-order chi connectivity index (χ1) is 18.3. The number of carbonyl (C=O) groups excluding carboxylic acids is 3. The maximum absolute atomic E-state index is 14.1. The number of phenolic OH excluding ortho intramolecular Hbond substituents is 1. The van der Waals surface area contributed by atoms with Gasteiger partial charge in [0.25, 0.3) is 0 Å². The van der Waals surface area contributed by atoms with E-state index in [1.54, 1.807) is 36.4 Å². The maximum Gasteiger partial charge on any atom is 0.250 e. The first kappa shape index (κ1) is 22.8. The summed E-state index contributed by atoms with van der Waals surface area (Å²) >= 11 is 0. The number of phenols is 1. The molecule has 3 amide bonds. The quantitative estimate of drug-likeness (QED) is 0.461. The molecule has 9 nitrogen and oxygen atoms in total. The molecule has 1 spiro atoms. The Morgan fingerprint density at radius 3 is 2.53 bits per heavy atom. The summed E-state index contributed by atoms with van der Waals surface area (Å²) in [5.74, 6) is -1.29. The molecule has 192 valence electrons. The molecule has 0 bridgehead atoms. The monoisotopic (exact) mass is 511 g/mol. The average Bonchev–Trinajstić information content (AvgIpc) is 3.63. The van der Waals surface area contributed by atoms with Crippen LogP contribution in [0.2, 0.25) is 0 Å². The van der Waals surface area contributed by atoms with E-state index in [4.69, 9.17) is 9.47 Å². The Kier molecular flexibility index (Phi) is 4.84. The van der Waals surface area contributed by atoms with Gasteiger partial charge in [0.2, 0.25) is 24.5 Å². The Labute approximate surface area is 218 Å². The predicted molar refractivity (Wildman–Crippen MR) is 135 cm³/mol. The van der Waals surface area contributed by atoms with Crippen molar-refractivity contribution in [2.24, 2.45) is 11.8 Å². The number of benzene rings is 3. The minimum atomic E-state index is -1.36. The lowest BCUT2D eigenvalue weighted by atomic mass is 9.76. The molecular weight excluding hydrogens is 486 g/mol. The number of rotatable bonds is 4. The summed E-state index contributed by atoms with van der Waals surface area (Å²) in [6, 6.07) is 17.3. The fraction of sp³-hybridized carbons (Fsp3) is 0.276. The van der Waals surface area contributed by atoms with Crippen LogP contribution in [0.1, 0.15) is 22.3 Å². The first-order valence-electron chi connectivity index (χ1n) is 12.6. The molecule has 2 saturated heterocycles. The van der Waals surface area contributed by atoms with Crippen LogP contribution in [-0.2, 0) is 32.9 Å². The predicted octanol–water partition coefficient (Wildman–Crippen LogP) is 2.59. The lowest BCUT2D eigenvalue weighted by Gasteiger charge is -2.29. The number of carbonyl (C=O) groups is 3. The average molecular weight is 512 g/mol. The van der Waals surface area contributed by atoms with Crippen molar-refractivity contribution in [2.75, 3.05) is 12.1 Å². The van der Waals surface area contributed by atoms with E-state index in [2.05, 4.69) is 10.6 Å². The highest BCUT2D eigenvalue weighted by Crippen LogP contribution is 2.53. The Morgan fingerprint density at radius 2 is 1.71 bits per heavy atom. The number of ether oxygens (including phenoxy) is 2. The molecule has 3 aromatic carbocycles. The summed E-state index contributed by atoms with van der Waals surface area (Å²) in [5, 5.41) is 16.1. The number of nitrogens with zero attached hydrogens (tertiary/aromatic N) is 1. The summed E-state index contributed by atoms with van der Waals surface area (Å²) in [5.41, 5.74) is 2.55. The van der Waals surface area contributed by atoms with Gasteiger partial charge in [0.1, 0.15) is 11.3 Å². The molecule has 0 saturated carbocycles.